The van der Waals surface area contributed by atoms with Gasteiger partial charge in [0.2, 0.25) is 0 Å². The van der Waals surface area contributed by atoms with E-state index in [1.807, 2.05) is 54.9 Å². The molecule has 1 fully saturated rings. The highest BCUT2D eigenvalue weighted by Gasteiger charge is 2.28. The molecule has 28 heavy (non-hydrogen) atoms. The number of rotatable bonds is 4. The SMILES string of the molecule is Oc1ccc(Cl)cc1C(c1cccc(Cl)c1)N1CCN(c2ccncc2)CC1. The molecule has 0 bridgehead atoms. The average Bonchev–Trinajstić information content (AvgIpc) is 2.72. The van der Waals surface area contributed by atoms with Gasteiger partial charge < -0.3 is 10.0 Å². The summed E-state index contributed by atoms with van der Waals surface area (Å²) in [4.78, 5) is 8.82. The molecule has 0 spiro atoms. The number of piperazine rings is 1. The first-order chi connectivity index (χ1) is 13.6. The van der Waals surface area contributed by atoms with Gasteiger partial charge >= 0.3 is 0 Å². The van der Waals surface area contributed by atoms with Crippen LogP contribution in [0, 0.1) is 0 Å². The van der Waals surface area contributed by atoms with Gasteiger partial charge in [-0.25, -0.2) is 0 Å². The van der Waals surface area contributed by atoms with Gasteiger partial charge in [0.25, 0.3) is 0 Å². The second-order valence-corrected chi connectivity index (χ2v) is 7.76. The van der Waals surface area contributed by atoms with Crippen LogP contribution in [0.2, 0.25) is 10.0 Å². The van der Waals surface area contributed by atoms with Crippen molar-refractivity contribution in [3.05, 3.63) is 88.2 Å². The molecule has 144 valence electrons. The fraction of sp³-hybridized carbons (Fsp3) is 0.227. The number of pyridine rings is 1. The van der Waals surface area contributed by atoms with E-state index >= 15 is 0 Å². The van der Waals surface area contributed by atoms with Gasteiger partial charge in [-0.05, 0) is 48.0 Å². The van der Waals surface area contributed by atoms with E-state index in [-0.39, 0.29) is 11.8 Å². The summed E-state index contributed by atoms with van der Waals surface area (Å²) in [6, 6.07) is 17.0. The van der Waals surface area contributed by atoms with E-state index in [0.29, 0.717) is 10.0 Å². The molecule has 1 aliphatic rings. The molecule has 1 atom stereocenters. The topological polar surface area (TPSA) is 39.6 Å². The standard InChI is InChI=1S/C22H21Cl2N3O/c23-17-3-1-2-16(14-17)22(20-15-18(24)4-5-21(20)28)27-12-10-26(11-13-27)19-6-8-25-9-7-19/h1-9,14-15,22,28H,10-13H2. The van der Waals surface area contributed by atoms with Crippen LogP contribution < -0.4 is 4.90 Å². The quantitative estimate of drug-likeness (QED) is 0.652. The van der Waals surface area contributed by atoms with Gasteiger partial charge in [0, 0.05) is 59.9 Å². The lowest BCUT2D eigenvalue weighted by atomic mass is 9.95. The minimum atomic E-state index is -0.114. The Bertz CT molecular complexity index is 944. The van der Waals surface area contributed by atoms with Crippen molar-refractivity contribution in [3.8, 4) is 5.75 Å². The molecule has 2 aromatic carbocycles. The maximum absolute atomic E-state index is 10.6. The van der Waals surface area contributed by atoms with Crippen LogP contribution in [0.3, 0.4) is 0 Å². The van der Waals surface area contributed by atoms with E-state index in [2.05, 4.69) is 14.8 Å². The van der Waals surface area contributed by atoms with Gasteiger partial charge in [0.05, 0.1) is 6.04 Å². The second-order valence-electron chi connectivity index (χ2n) is 6.89. The van der Waals surface area contributed by atoms with E-state index in [0.717, 1.165) is 37.3 Å². The summed E-state index contributed by atoms with van der Waals surface area (Å²) < 4.78 is 0. The molecule has 2 heterocycles. The largest absolute Gasteiger partial charge is 0.508 e. The van der Waals surface area contributed by atoms with Crippen LogP contribution in [0.25, 0.3) is 0 Å². The molecular formula is C22H21Cl2N3O. The highest BCUT2D eigenvalue weighted by atomic mass is 35.5. The number of hydrogen-bond donors (Lipinski definition) is 1. The number of halogens is 2. The minimum absolute atomic E-state index is 0.114. The zero-order chi connectivity index (χ0) is 19.5. The Morgan fingerprint density at radius 2 is 1.57 bits per heavy atom. The van der Waals surface area contributed by atoms with Crippen LogP contribution in [0.15, 0.2) is 67.0 Å². The van der Waals surface area contributed by atoms with Crippen LogP contribution in [0.4, 0.5) is 5.69 Å². The lowest BCUT2D eigenvalue weighted by molar-refractivity contribution is 0.209. The third-order valence-corrected chi connectivity index (χ3v) is 5.63. The summed E-state index contributed by atoms with van der Waals surface area (Å²) >= 11 is 12.5. The van der Waals surface area contributed by atoms with Gasteiger partial charge in [-0.3, -0.25) is 9.88 Å². The Morgan fingerprint density at radius 3 is 2.29 bits per heavy atom. The molecule has 6 heteroatoms. The smallest absolute Gasteiger partial charge is 0.120 e. The van der Waals surface area contributed by atoms with Crippen molar-refractivity contribution >= 4 is 28.9 Å². The first-order valence-electron chi connectivity index (χ1n) is 9.25. The van der Waals surface area contributed by atoms with Crippen LogP contribution in [-0.4, -0.2) is 41.2 Å². The molecule has 1 aliphatic heterocycles. The van der Waals surface area contributed by atoms with Crippen molar-refractivity contribution in [3.63, 3.8) is 0 Å². The van der Waals surface area contributed by atoms with E-state index in [9.17, 15) is 5.11 Å². The lowest BCUT2D eigenvalue weighted by Crippen LogP contribution is -2.48. The number of aromatic nitrogens is 1. The molecule has 1 aromatic heterocycles. The molecule has 4 rings (SSSR count). The predicted octanol–water partition coefficient (Wildman–Crippen LogP) is 5.01. The van der Waals surface area contributed by atoms with Crippen molar-refractivity contribution in [1.82, 2.24) is 9.88 Å². The highest BCUT2D eigenvalue weighted by molar-refractivity contribution is 6.31. The number of aromatic hydroxyl groups is 1. The second kappa shape index (κ2) is 8.39. The van der Waals surface area contributed by atoms with E-state index < -0.39 is 0 Å². The number of benzene rings is 2. The number of hydrogen-bond acceptors (Lipinski definition) is 4. The zero-order valence-corrected chi connectivity index (χ0v) is 16.8. The maximum atomic E-state index is 10.6. The summed E-state index contributed by atoms with van der Waals surface area (Å²) in [6.07, 6.45) is 3.64. The van der Waals surface area contributed by atoms with Gasteiger partial charge in [0.15, 0.2) is 0 Å². The number of nitrogens with zero attached hydrogens (tertiary/aromatic N) is 3. The van der Waals surface area contributed by atoms with Crippen LogP contribution in [0.5, 0.6) is 5.75 Å². The molecule has 0 aliphatic carbocycles. The van der Waals surface area contributed by atoms with E-state index in [1.165, 1.54) is 5.69 Å². The minimum Gasteiger partial charge on any atom is -0.508 e. The summed E-state index contributed by atoms with van der Waals surface area (Å²) in [5.41, 5.74) is 3.02. The Kier molecular flexibility index (Phi) is 5.72. The molecule has 1 unspecified atom stereocenters. The van der Waals surface area contributed by atoms with Gasteiger partial charge in [0.1, 0.15) is 5.75 Å². The van der Waals surface area contributed by atoms with E-state index in [1.54, 1.807) is 12.1 Å². The predicted molar refractivity (Wildman–Crippen MR) is 114 cm³/mol. The summed E-state index contributed by atoms with van der Waals surface area (Å²) in [6.45, 7) is 3.49. The Labute approximate surface area is 175 Å². The number of anilines is 1. The fourth-order valence-electron chi connectivity index (χ4n) is 3.80. The van der Waals surface area contributed by atoms with Crippen molar-refractivity contribution < 1.29 is 5.11 Å². The van der Waals surface area contributed by atoms with Crippen molar-refractivity contribution in [2.75, 3.05) is 31.1 Å². The fourth-order valence-corrected chi connectivity index (χ4v) is 4.18. The van der Waals surface area contributed by atoms with Gasteiger partial charge in [-0.15, -0.1) is 0 Å². The highest BCUT2D eigenvalue weighted by Crippen LogP contribution is 2.37. The molecule has 0 radical (unpaired) electrons. The van der Waals surface area contributed by atoms with Crippen LogP contribution >= 0.6 is 23.2 Å². The van der Waals surface area contributed by atoms with Gasteiger partial charge in [-0.2, -0.15) is 0 Å². The summed E-state index contributed by atoms with van der Waals surface area (Å²) in [5, 5.41) is 11.8. The third-order valence-electron chi connectivity index (χ3n) is 5.16. The monoisotopic (exact) mass is 413 g/mol. The Morgan fingerprint density at radius 1 is 0.857 bits per heavy atom. The molecule has 1 N–H and O–H groups in total. The first-order valence-corrected chi connectivity index (χ1v) is 10.0. The van der Waals surface area contributed by atoms with E-state index in [4.69, 9.17) is 23.2 Å². The zero-order valence-electron chi connectivity index (χ0n) is 15.3. The Balaban J connectivity index is 1.64. The molecule has 3 aromatic rings. The van der Waals surface area contributed by atoms with Crippen molar-refractivity contribution in [2.24, 2.45) is 0 Å². The van der Waals surface area contributed by atoms with Crippen LogP contribution in [-0.2, 0) is 0 Å². The summed E-state index contributed by atoms with van der Waals surface area (Å²) in [5.74, 6) is 0.242. The number of phenols is 1. The third kappa shape index (κ3) is 4.09. The lowest BCUT2D eigenvalue weighted by Gasteiger charge is -2.40. The molecule has 0 saturated carbocycles. The number of phenolic OH excluding ortho intramolecular Hbond substituents is 1. The van der Waals surface area contributed by atoms with Crippen molar-refractivity contribution in [1.29, 1.82) is 0 Å². The van der Waals surface area contributed by atoms with Crippen LogP contribution in [0.1, 0.15) is 17.2 Å². The average molecular weight is 414 g/mol. The molecule has 0 amide bonds. The summed E-state index contributed by atoms with van der Waals surface area (Å²) in [7, 11) is 0. The Hall–Kier alpha value is -2.27. The molecule has 4 nitrogen and oxygen atoms in total. The van der Waals surface area contributed by atoms with Gasteiger partial charge in [-0.1, -0.05) is 35.3 Å². The normalized spacial score (nSPS) is 16.1. The maximum Gasteiger partial charge on any atom is 0.120 e. The molecular weight excluding hydrogens is 393 g/mol. The van der Waals surface area contributed by atoms with Crippen molar-refractivity contribution in [2.45, 2.75) is 6.04 Å². The first kappa shape index (κ1) is 19.1. The molecule has 1 saturated heterocycles.